The van der Waals surface area contributed by atoms with Gasteiger partial charge >= 0.3 is 0 Å². The van der Waals surface area contributed by atoms with Crippen molar-refractivity contribution in [3.05, 3.63) is 29.8 Å². The van der Waals surface area contributed by atoms with E-state index in [2.05, 4.69) is 48.3 Å². The molecule has 2 rings (SSSR count). The van der Waals surface area contributed by atoms with Crippen molar-refractivity contribution >= 4 is 23.0 Å². The summed E-state index contributed by atoms with van der Waals surface area (Å²) in [7, 11) is 0. The Morgan fingerprint density at radius 3 is 2.67 bits per heavy atom. The van der Waals surface area contributed by atoms with E-state index in [0.29, 0.717) is 5.92 Å². The zero-order valence-corrected chi connectivity index (χ0v) is 9.97. The standard InChI is InChI=1S/C12H16N2S/c1-9(2)10-5-3-4-6-11(10)14-8-7-13-12(14)15/h3-6,9H,7-8H2,1-2H3,(H,13,15). The van der Waals surface area contributed by atoms with Crippen molar-refractivity contribution in [2.45, 2.75) is 19.8 Å². The van der Waals surface area contributed by atoms with Gasteiger partial charge in [-0.25, -0.2) is 0 Å². The molecule has 0 saturated carbocycles. The highest BCUT2D eigenvalue weighted by Gasteiger charge is 2.20. The first-order valence-electron chi connectivity index (χ1n) is 5.34. The van der Waals surface area contributed by atoms with Crippen molar-refractivity contribution in [3.8, 4) is 0 Å². The Morgan fingerprint density at radius 1 is 1.33 bits per heavy atom. The lowest BCUT2D eigenvalue weighted by Crippen LogP contribution is -2.28. The minimum atomic E-state index is 0.532. The molecule has 0 amide bonds. The van der Waals surface area contributed by atoms with Crippen molar-refractivity contribution in [3.63, 3.8) is 0 Å². The molecule has 0 bridgehead atoms. The van der Waals surface area contributed by atoms with Crippen LogP contribution in [-0.2, 0) is 0 Å². The summed E-state index contributed by atoms with van der Waals surface area (Å²) in [5, 5.41) is 4.04. The van der Waals surface area contributed by atoms with Gasteiger partial charge in [-0.15, -0.1) is 0 Å². The van der Waals surface area contributed by atoms with Gasteiger partial charge in [0, 0.05) is 18.8 Å². The van der Waals surface area contributed by atoms with Gasteiger partial charge in [0.1, 0.15) is 0 Å². The molecule has 0 atom stereocenters. The van der Waals surface area contributed by atoms with Gasteiger partial charge in [-0.3, -0.25) is 0 Å². The first kappa shape index (κ1) is 10.4. The van der Waals surface area contributed by atoms with Crippen molar-refractivity contribution in [1.82, 2.24) is 5.32 Å². The third-order valence-corrected chi connectivity index (χ3v) is 3.07. The van der Waals surface area contributed by atoms with Gasteiger partial charge in [0.15, 0.2) is 5.11 Å². The summed E-state index contributed by atoms with van der Waals surface area (Å²) in [4.78, 5) is 2.19. The van der Waals surface area contributed by atoms with Crippen LogP contribution in [0.25, 0.3) is 0 Å². The predicted octanol–water partition coefficient (Wildman–Crippen LogP) is 2.50. The molecular formula is C12H16N2S. The highest BCUT2D eigenvalue weighted by molar-refractivity contribution is 7.80. The zero-order chi connectivity index (χ0) is 10.8. The monoisotopic (exact) mass is 220 g/mol. The molecular weight excluding hydrogens is 204 g/mol. The topological polar surface area (TPSA) is 15.3 Å². The van der Waals surface area contributed by atoms with Crippen LogP contribution in [0, 0.1) is 0 Å². The lowest BCUT2D eigenvalue weighted by atomic mass is 10.0. The second kappa shape index (κ2) is 4.19. The molecule has 1 aliphatic rings. The maximum atomic E-state index is 5.28. The Bertz CT molecular complexity index is 374. The van der Waals surface area contributed by atoms with E-state index >= 15 is 0 Å². The third-order valence-electron chi connectivity index (χ3n) is 2.71. The van der Waals surface area contributed by atoms with Gasteiger partial charge < -0.3 is 10.2 Å². The van der Waals surface area contributed by atoms with E-state index in [1.165, 1.54) is 11.3 Å². The first-order chi connectivity index (χ1) is 7.20. The maximum absolute atomic E-state index is 5.28. The van der Waals surface area contributed by atoms with Crippen LogP contribution in [0.1, 0.15) is 25.3 Å². The molecule has 0 aromatic heterocycles. The largest absolute Gasteiger partial charge is 0.360 e. The van der Waals surface area contributed by atoms with Crippen LogP contribution in [0.2, 0.25) is 0 Å². The number of thiocarbonyl (C=S) groups is 1. The number of nitrogens with zero attached hydrogens (tertiary/aromatic N) is 1. The van der Waals surface area contributed by atoms with E-state index in [1.54, 1.807) is 0 Å². The SMILES string of the molecule is CC(C)c1ccccc1N1CCNC1=S. The number of nitrogens with one attached hydrogen (secondary N) is 1. The van der Waals surface area contributed by atoms with Crippen molar-refractivity contribution in [2.75, 3.05) is 18.0 Å². The molecule has 1 aromatic carbocycles. The normalized spacial score (nSPS) is 15.9. The molecule has 2 nitrogen and oxygen atoms in total. The first-order valence-corrected chi connectivity index (χ1v) is 5.75. The molecule has 0 unspecified atom stereocenters. The van der Waals surface area contributed by atoms with Crippen LogP contribution in [0.3, 0.4) is 0 Å². The van der Waals surface area contributed by atoms with Gasteiger partial charge in [-0.1, -0.05) is 32.0 Å². The lowest BCUT2D eigenvalue weighted by Gasteiger charge is -2.22. The third kappa shape index (κ3) is 1.97. The molecule has 1 saturated heterocycles. The Labute approximate surface area is 96.3 Å². The molecule has 1 fully saturated rings. The molecule has 0 spiro atoms. The van der Waals surface area contributed by atoms with Gasteiger partial charge in [-0.2, -0.15) is 0 Å². The lowest BCUT2D eigenvalue weighted by molar-refractivity contribution is 0.859. The minimum absolute atomic E-state index is 0.532. The molecule has 1 aromatic rings. The number of hydrogen-bond donors (Lipinski definition) is 1. The quantitative estimate of drug-likeness (QED) is 0.771. The summed E-state index contributed by atoms with van der Waals surface area (Å²) in [5.41, 5.74) is 2.62. The van der Waals surface area contributed by atoms with Crippen LogP contribution in [-0.4, -0.2) is 18.2 Å². The van der Waals surface area contributed by atoms with Crippen LogP contribution in [0.15, 0.2) is 24.3 Å². The average molecular weight is 220 g/mol. The number of rotatable bonds is 2. The predicted molar refractivity (Wildman–Crippen MR) is 68.5 cm³/mol. The molecule has 3 heteroatoms. The number of benzene rings is 1. The average Bonchev–Trinajstić information content (AvgIpc) is 2.64. The summed E-state index contributed by atoms with van der Waals surface area (Å²) in [6.07, 6.45) is 0. The summed E-state index contributed by atoms with van der Waals surface area (Å²) in [5.74, 6) is 0.532. The Balaban J connectivity index is 2.38. The zero-order valence-electron chi connectivity index (χ0n) is 9.16. The Hall–Kier alpha value is -1.09. The van der Waals surface area contributed by atoms with E-state index in [1.807, 2.05) is 0 Å². The molecule has 1 N–H and O–H groups in total. The van der Waals surface area contributed by atoms with Gasteiger partial charge in [0.05, 0.1) is 0 Å². The van der Waals surface area contributed by atoms with Crippen LogP contribution >= 0.6 is 12.2 Å². The summed E-state index contributed by atoms with van der Waals surface area (Å²) < 4.78 is 0. The van der Waals surface area contributed by atoms with E-state index < -0.39 is 0 Å². The van der Waals surface area contributed by atoms with E-state index in [9.17, 15) is 0 Å². The van der Waals surface area contributed by atoms with E-state index in [-0.39, 0.29) is 0 Å². The van der Waals surface area contributed by atoms with Crippen molar-refractivity contribution in [1.29, 1.82) is 0 Å². The molecule has 80 valence electrons. The van der Waals surface area contributed by atoms with E-state index in [0.717, 1.165) is 18.2 Å². The number of para-hydroxylation sites is 1. The van der Waals surface area contributed by atoms with Gasteiger partial charge in [0.2, 0.25) is 0 Å². The molecule has 1 heterocycles. The summed E-state index contributed by atoms with van der Waals surface area (Å²) in [6.45, 7) is 6.35. The van der Waals surface area contributed by atoms with Crippen molar-refractivity contribution in [2.24, 2.45) is 0 Å². The second-order valence-corrected chi connectivity index (χ2v) is 4.48. The minimum Gasteiger partial charge on any atom is -0.360 e. The summed E-state index contributed by atoms with van der Waals surface area (Å²) in [6, 6.07) is 8.49. The maximum Gasteiger partial charge on any atom is 0.173 e. The fourth-order valence-electron chi connectivity index (χ4n) is 1.92. The number of hydrogen-bond acceptors (Lipinski definition) is 1. The van der Waals surface area contributed by atoms with Crippen LogP contribution in [0.5, 0.6) is 0 Å². The molecule has 0 radical (unpaired) electrons. The Kier molecular flexibility index (Phi) is 2.91. The fraction of sp³-hybridized carbons (Fsp3) is 0.417. The van der Waals surface area contributed by atoms with Crippen molar-refractivity contribution < 1.29 is 0 Å². The summed E-state index contributed by atoms with van der Waals surface area (Å²) >= 11 is 5.28. The highest BCUT2D eigenvalue weighted by Crippen LogP contribution is 2.28. The second-order valence-electron chi connectivity index (χ2n) is 4.10. The van der Waals surface area contributed by atoms with E-state index in [4.69, 9.17) is 12.2 Å². The number of anilines is 1. The van der Waals surface area contributed by atoms with Crippen LogP contribution < -0.4 is 10.2 Å². The molecule has 15 heavy (non-hydrogen) atoms. The highest BCUT2D eigenvalue weighted by atomic mass is 32.1. The van der Waals surface area contributed by atoms with Gasteiger partial charge in [-0.05, 0) is 29.8 Å². The smallest absolute Gasteiger partial charge is 0.173 e. The molecule has 0 aliphatic carbocycles. The van der Waals surface area contributed by atoms with Gasteiger partial charge in [0.25, 0.3) is 0 Å². The van der Waals surface area contributed by atoms with Crippen LogP contribution in [0.4, 0.5) is 5.69 Å². The Morgan fingerprint density at radius 2 is 2.07 bits per heavy atom. The molecule has 1 aliphatic heterocycles. The fourth-order valence-corrected chi connectivity index (χ4v) is 2.21.